The summed E-state index contributed by atoms with van der Waals surface area (Å²) in [6.07, 6.45) is 1.18. The van der Waals surface area contributed by atoms with Crippen LogP contribution in [0.4, 0.5) is 5.69 Å². The van der Waals surface area contributed by atoms with E-state index >= 15 is 0 Å². The van der Waals surface area contributed by atoms with E-state index in [1.54, 1.807) is 30.1 Å². The molecule has 0 bridgehead atoms. The molecule has 0 N–H and O–H groups in total. The molecule has 1 amide bonds. The van der Waals surface area contributed by atoms with Crippen molar-refractivity contribution in [3.63, 3.8) is 0 Å². The summed E-state index contributed by atoms with van der Waals surface area (Å²) >= 11 is 0. The van der Waals surface area contributed by atoms with Gasteiger partial charge in [-0.25, -0.2) is 8.42 Å². The Morgan fingerprint density at radius 3 is 2.50 bits per heavy atom. The highest BCUT2D eigenvalue weighted by molar-refractivity contribution is 7.91. The van der Waals surface area contributed by atoms with Crippen LogP contribution in [-0.2, 0) is 9.84 Å². The van der Waals surface area contributed by atoms with Crippen LogP contribution in [0.2, 0.25) is 0 Å². The molecule has 0 saturated heterocycles. The summed E-state index contributed by atoms with van der Waals surface area (Å²) in [5, 5.41) is 1.35. The average Bonchev–Trinajstić information content (AvgIpc) is 2.56. The third-order valence-electron chi connectivity index (χ3n) is 3.27. The molecule has 0 radical (unpaired) electrons. The highest BCUT2D eigenvalue weighted by Crippen LogP contribution is 2.38. The van der Waals surface area contributed by atoms with Crippen molar-refractivity contribution >= 4 is 32.2 Å². The van der Waals surface area contributed by atoms with Crippen LogP contribution in [0.5, 0.6) is 0 Å². The van der Waals surface area contributed by atoms with Crippen molar-refractivity contribution in [3.8, 4) is 0 Å². The maximum atomic E-state index is 12.0. The van der Waals surface area contributed by atoms with Crippen LogP contribution >= 0.6 is 0 Å². The Morgan fingerprint density at radius 1 is 1.11 bits per heavy atom. The molecule has 4 nitrogen and oxygen atoms in total. The fourth-order valence-electron chi connectivity index (χ4n) is 2.43. The monoisotopic (exact) mass is 261 g/mol. The molecule has 1 aliphatic rings. The van der Waals surface area contributed by atoms with Crippen molar-refractivity contribution in [2.45, 2.75) is 4.90 Å². The second-order valence-corrected chi connectivity index (χ2v) is 6.43. The van der Waals surface area contributed by atoms with E-state index in [1.165, 1.54) is 12.3 Å². The van der Waals surface area contributed by atoms with Gasteiger partial charge in [0.1, 0.15) is 0 Å². The average molecular weight is 261 g/mol. The number of hydrogen-bond donors (Lipinski definition) is 0. The van der Waals surface area contributed by atoms with Crippen LogP contribution in [-0.4, -0.2) is 27.6 Å². The summed E-state index contributed by atoms with van der Waals surface area (Å²) < 4.78 is 23.5. The van der Waals surface area contributed by atoms with Gasteiger partial charge in [0.25, 0.3) is 5.91 Å². The minimum absolute atomic E-state index is 0.0961. The zero-order valence-electron chi connectivity index (χ0n) is 9.97. The van der Waals surface area contributed by atoms with Gasteiger partial charge < -0.3 is 4.90 Å². The number of benzene rings is 2. The van der Waals surface area contributed by atoms with Crippen LogP contribution < -0.4 is 4.90 Å². The lowest BCUT2D eigenvalue weighted by molar-refractivity contribution is 0.0999. The summed E-state index contributed by atoms with van der Waals surface area (Å²) in [6, 6.07) is 8.43. The molecule has 18 heavy (non-hydrogen) atoms. The minimum Gasteiger partial charge on any atom is -0.311 e. The van der Waals surface area contributed by atoms with Crippen molar-refractivity contribution in [3.05, 3.63) is 35.9 Å². The lowest BCUT2D eigenvalue weighted by Crippen LogP contribution is -2.20. The zero-order valence-corrected chi connectivity index (χ0v) is 10.8. The number of anilines is 1. The van der Waals surface area contributed by atoms with Gasteiger partial charge in [-0.2, -0.15) is 0 Å². The third kappa shape index (κ3) is 1.31. The predicted octanol–water partition coefficient (Wildman–Crippen LogP) is 1.83. The molecule has 1 aliphatic heterocycles. The summed E-state index contributed by atoms with van der Waals surface area (Å²) in [4.78, 5) is 13.8. The molecule has 2 aromatic rings. The maximum absolute atomic E-state index is 12.0. The number of nitrogens with zero attached hydrogens (tertiary/aromatic N) is 1. The first-order valence-electron chi connectivity index (χ1n) is 5.45. The van der Waals surface area contributed by atoms with E-state index < -0.39 is 9.84 Å². The Balaban J connectivity index is 2.54. The SMILES string of the molecule is CN1C(=O)c2ccc(S(C)(=O)=O)c3cccc1c23. The normalized spacial score (nSPS) is 14.6. The Kier molecular flexibility index (Phi) is 2.07. The van der Waals surface area contributed by atoms with E-state index in [-0.39, 0.29) is 10.8 Å². The number of hydrogen-bond acceptors (Lipinski definition) is 3. The standard InChI is InChI=1S/C13H11NO3S/c1-14-10-5-3-4-8-11(18(2,16)17)7-6-9(12(8)10)13(14)15/h3-7H,1-2H3. The van der Waals surface area contributed by atoms with E-state index in [2.05, 4.69) is 0 Å². The molecule has 0 aliphatic carbocycles. The van der Waals surface area contributed by atoms with E-state index in [9.17, 15) is 13.2 Å². The summed E-state index contributed by atoms with van der Waals surface area (Å²) in [7, 11) is -1.61. The highest BCUT2D eigenvalue weighted by Gasteiger charge is 2.28. The zero-order chi connectivity index (χ0) is 13.1. The lowest BCUT2D eigenvalue weighted by Gasteiger charge is -2.09. The van der Waals surface area contributed by atoms with Crippen molar-refractivity contribution < 1.29 is 13.2 Å². The number of carbonyl (C=O) groups excluding carboxylic acids is 1. The predicted molar refractivity (Wildman–Crippen MR) is 69.8 cm³/mol. The van der Waals surface area contributed by atoms with Gasteiger partial charge in [-0.05, 0) is 18.2 Å². The minimum atomic E-state index is -3.30. The third-order valence-corrected chi connectivity index (χ3v) is 4.43. The van der Waals surface area contributed by atoms with Gasteiger partial charge in [0, 0.05) is 29.6 Å². The van der Waals surface area contributed by atoms with E-state index in [0.717, 1.165) is 11.1 Å². The fourth-order valence-corrected chi connectivity index (χ4v) is 3.32. The van der Waals surface area contributed by atoms with Gasteiger partial charge in [0.2, 0.25) is 0 Å². The maximum Gasteiger partial charge on any atom is 0.258 e. The van der Waals surface area contributed by atoms with Gasteiger partial charge in [-0.1, -0.05) is 12.1 Å². The van der Waals surface area contributed by atoms with Crippen molar-refractivity contribution in [2.24, 2.45) is 0 Å². The van der Waals surface area contributed by atoms with Crippen molar-refractivity contribution in [1.29, 1.82) is 0 Å². The van der Waals surface area contributed by atoms with Gasteiger partial charge in [-0.15, -0.1) is 0 Å². The van der Waals surface area contributed by atoms with Gasteiger partial charge in [-0.3, -0.25) is 4.79 Å². The van der Waals surface area contributed by atoms with E-state index in [1.807, 2.05) is 6.07 Å². The molecule has 0 aromatic heterocycles. The van der Waals surface area contributed by atoms with Crippen LogP contribution in [0.1, 0.15) is 10.4 Å². The van der Waals surface area contributed by atoms with Crippen LogP contribution in [0.15, 0.2) is 35.2 Å². The Labute approximate surface area is 105 Å². The van der Waals surface area contributed by atoms with Gasteiger partial charge in [0.05, 0.1) is 10.6 Å². The summed E-state index contributed by atoms with van der Waals surface area (Å²) in [6.45, 7) is 0. The number of rotatable bonds is 1. The Bertz CT molecular complexity index is 793. The van der Waals surface area contributed by atoms with Crippen LogP contribution in [0.25, 0.3) is 10.8 Å². The number of amides is 1. The second-order valence-electron chi connectivity index (χ2n) is 4.45. The first-order chi connectivity index (χ1) is 8.41. The quantitative estimate of drug-likeness (QED) is 0.787. The number of carbonyl (C=O) groups is 1. The smallest absolute Gasteiger partial charge is 0.258 e. The second kappa shape index (κ2) is 3.32. The van der Waals surface area contributed by atoms with Crippen LogP contribution in [0, 0.1) is 0 Å². The Hall–Kier alpha value is -1.88. The molecule has 0 saturated carbocycles. The van der Waals surface area contributed by atoms with E-state index in [0.29, 0.717) is 10.9 Å². The first-order valence-corrected chi connectivity index (χ1v) is 7.34. The largest absolute Gasteiger partial charge is 0.311 e. The molecule has 0 unspecified atom stereocenters. The molecule has 92 valence electrons. The fraction of sp³-hybridized carbons (Fsp3) is 0.154. The number of sulfone groups is 1. The van der Waals surface area contributed by atoms with Crippen LogP contribution in [0.3, 0.4) is 0 Å². The van der Waals surface area contributed by atoms with Crippen molar-refractivity contribution in [1.82, 2.24) is 0 Å². The molecular weight excluding hydrogens is 250 g/mol. The molecule has 0 fully saturated rings. The Morgan fingerprint density at radius 2 is 1.83 bits per heavy atom. The molecule has 5 heteroatoms. The highest BCUT2D eigenvalue weighted by atomic mass is 32.2. The van der Waals surface area contributed by atoms with E-state index in [4.69, 9.17) is 0 Å². The van der Waals surface area contributed by atoms with Gasteiger partial charge in [0.15, 0.2) is 9.84 Å². The topological polar surface area (TPSA) is 54.5 Å². The summed E-state index contributed by atoms with van der Waals surface area (Å²) in [5.74, 6) is -0.0961. The molecule has 0 atom stereocenters. The lowest BCUT2D eigenvalue weighted by atomic mass is 10.1. The first kappa shape index (κ1) is 11.2. The molecular formula is C13H11NO3S. The molecule has 0 spiro atoms. The molecule has 2 aromatic carbocycles. The summed E-state index contributed by atoms with van der Waals surface area (Å²) in [5.41, 5.74) is 1.33. The molecule has 1 heterocycles. The van der Waals surface area contributed by atoms with Crippen molar-refractivity contribution in [2.75, 3.05) is 18.2 Å². The molecule has 3 rings (SSSR count). The van der Waals surface area contributed by atoms with Gasteiger partial charge >= 0.3 is 0 Å².